The number of rotatable bonds is 15. The summed E-state index contributed by atoms with van der Waals surface area (Å²) in [6.07, 6.45) is 13.4. The highest BCUT2D eigenvalue weighted by atomic mass is 19.2. The largest absolute Gasteiger partial charge is 0.436 e. The fourth-order valence-electron chi connectivity index (χ4n) is 5.99. The van der Waals surface area contributed by atoms with Crippen molar-refractivity contribution in [3.63, 3.8) is 0 Å². The fourth-order valence-corrected chi connectivity index (χ4v) is 5.99. The van der Waals surface area contributed by atoms with Gasteiger partial charge in [-0.15, -0.1) is 0 Å². The number of fused-ring (bicyclic) bond motifs is 1. The summed E-state index contributed by atoms with van der Waals surface area (Å²) >= 11 is 0. The van der Waals surface area contributed by atoms with Crippen LogP contribution in [-0.4, -0.2) is 42.2 Å². The summed E-state index contributed by atoms with van der Waals surface area (Å²) in [5, 5.41) is 2.84. The second-order valence-corrected chi connectivity index (χ2v) is 12.0. The maximum atomic E-state index is 15.3. The third-order valence-electron chi connectivity index (χ3n) is 8.55. The van der Waals surface area contributed by atoms with E-state index < -0.39 is 17.5 Å². The zero-order valence-corrected chi connectivity index (χ0v) is 27.5. The number of ketones is 1. The van der Waals surface area contributed by atoms with Crippen molar-refractivity contribution < 1.29 is 27.5 Å². The molecule has 0 saturated carbocycles. The molecule has 1 N–H and O–H groups in total. The number of ether oxygens (including phenoxy) is 1. The minimum absolute atomic E-state index is 0.0545. The van der Waals surface area contributed by atoms with Gasteiger partial charge in [-0.05, 0) is 85.7 Å². The van der Waals surface area contributed by atoms with Crippen molar-refractivity contribution in [2.75, 3.05) is 13.1 Å². The van der Waals surface area contributed by atoms with Crippen LogP contribution in [0.2, 0.25) is 0 Å². The van der Waals surface area contributed by atoms with E-state index in [9.17, 15) is 14.0 Å². The van der Waals surface area contributed by atoms with Crippen molar-refractivity contribution in [1.82, 2.24) is 10.3 Å². The minimum atomic E-state index is -1.16. The number of carbonyl (C=O) groups excluding carboxylic acids is 2. The first-order valence-electron chi connectivity index (χ1n) is 16.5. The number of aromatic nitrogens is 1. The molecule has 0 radical (unpaired) electrons. The number of aliphatic imine (C=N–C) groups is 2. The number of carbonyl (C=O) groups is 2. The maximum Gasteiger partial charge on any atom is 0.221 e. The highest BCUT2D eigenvalue weighted by Crippen LogP contribution is 2.37. The second-order valence-electron chi connectivity index (χ2n) is 12.0. The average molecular weight is 669 g/mol. The number of pyridine rings is 1. The summed E-state index contributed by atoms with van der Waals surface area (Å²) in [6, 6.07) is 11.1. The topological polar surface area (TPSA) is 93.0 Å². The molecule has 1 unspecified atom stereocenters. The highest BCUT2D eigenvalue weighted by Gasteiger charge is 2.27. The summed E-state index contributed by atoms with van der Waals surface area (Å²) < 4.78 is 48.9. The van der Waals surface area contributed by atoms with Crippen molar-refractivity contribution in [3.05, 3.63) is 118 Å². The van der Waals surface area contributed by atoms with Gasteiger partial charge in [-0.1, -0.05) is 43.4 Å². The molecule has 5 rings (SSSR count). The molecule has 1 aromatic heterocycles. The van der Waals surface area contributed by atoms with Crippen molar-refractivity contribution >= 4 is 29.7 Å². The molecule has 3 aromatic rings. The van der Waals surface area contributed by atoms with Crippen molar-refractivity contribution in [1.29, 1.82) is 0 Å². The smallest absolute Gasteiger partial charge is 0.221 e. The van der Waals surface area contributed by atoms with E-state index in [0.29, 0.717) is 57.2 Å². The molecule has 0 spiro atoms. The van der Waals surface area contributed by atoms with Crippen LogP contribution in [0.5, 0.6) is 11.6 Å². The van der Waals surface area contributed by atoms with Crippen LogP contribution in [0.25, 0.3) is 5.57 Å². The monoisotopic (exact) mass is 668 g/mol. The van der Waals surface area contributed by atoms with E-state index in [1.807, 2.05) is 19.1 Å². The van der Waals surface area contributed by atoms with Crippen LogP contribution in [0.4, 0.5) is 13.2 Å². The van der Waals surface area contributed by atoms with E-state index in [1.165, 1.54) is 18.2 Å². The van der Waals surface area contributed by atoms with Gasteiger partial charge in [0.15, 0.2) is 17.3 Å². The number of hydrogen-bond acceptors (Lipinski definition) is 6. The Labute approximate surface area is 284 Å². The van der Waals surface area contributed by atoms with Gasteiger partial charge in [-0.25, -0.2) is 13.8 Å². The number of halogens is 3. The van der Waals surface area contributed by atoms with Crippen molar-refractivity contribution in [2.45, 2.75) is 58.3 Å². The number of nitrogens with one attached hydrogen (secondary N) is 1. The van der Waals surface area contributed by atoms with Crippen LogP contribution in [0.1, 0.15) is 72.5 Å². The first kappa shape index (κ1) is 35.2. The molecule has 0 bridgehead atoms. The molecule has 0 saturated heterocycles. The molecular formula is C39H39F3N4O3. The highest BCUT2D eigenvalue weighted by molar-refractivity contribution is 6.06. The maximum absolute atomic E-state index is 15.3. The summed E-state index contributed by atoms with van der Waals surface area (Å²) in [4.78, 5) is 37.0. The summed E-state index contributed by atoms with van der Waals surface area (Å²) in [5.41, 5.74) is 5.38. The first-order chi connectivity index (χ1) is 23.8. The van der Waals surface area contributed by atoms with Crippen LogP contribution < -0.4 is 10.1 Å². The van der Waals surface area contributed by atoms with Crippen LogP contribution in [0.15, 0.2) is 88.6 Å². The van der Waals surface area contributed by atoms with Crippen LogP contribution in [0, 0.1) is 23.4 Å². The predicted octanol–water partition coefficient (Wildman–Crippen LogP) is 8.34. The van der Waals surface area contributed by atoms with E-state index in [1.54, 1.807) is 6.20 Å². The van der Waals surface area contributed by atoms with Gasteiger partial charge >= 0.3 is 0 Å². The molecular weight excluding hydrogens is 629 g/mol. The Morgan fingerprint density at radius 2 is 1.92 bits per heavy atom. The lowest BCUT2D eigenvalue weighted by atomic mass is 9.84. The SMILES string of the molecule is C=NCCC(=O)NCCCCC(=O)c1ccc(CC2=CCC=CC3CC(c4ccc(Oc5ccc(F)cn5)c(F)c4F)=CN=C23)cc1CC. The molecule has 1 aliphatic carbocycles. The van der Waals surface area contributed by atoms with E-state index in [0.717, 1.165) is 53.1 Å². The number of allylic oxidation sites excluding steroid dienone is 5. The van der Waals surface area contributed by atoms with Crippen LogP contribution in [0.3, 0.4) is 0 Å². The molecule has 254 valence electrons. The van der Waals surface area contributed by atoms with Crippen molar-refractivity contribution in [3.8, 4) is 11.6 Å². The Bertz CT molecular complexity index is 1830. The third kappa shape index (κ3) is 9.07. The summed E-state index contributed by atoms with van der Waals surface area (Å²) in [6.45, 7) is 6.34. The van der Waals surface area contributed by atoms with Crippen molar-refractivity contribution in [2.24, 2.45) is 15.9 Å². The van der Waals surface area contributed by atoms with E-state index in [4.69, 9.17) is 9.73 Å². The van der Waals surface area contributed by atoms with Crippen LogP contribution in [-0.2, 0) is 17.6 Å². The Morgan fingerprint density at radius 3 is 2.69 bits per heavy atom. The number of unbranched alkanes of at least 4 members (excludes halogenated alkanes) is 1. The molecule has 10 heteroatoms. The third-order valence-corrected chi connectivity index (χ3v) is 8.55. The van der Waals surface area contributed by atoms with Gasteiger partial charge in [0, 0.05) is 55.2 Å². The molecule has 1 aliphatic heterocycles. The first-order valence-corrected chi connectivity index (χ1v) is 16.5. The van der Waals surface area contributed by atoms with Gasteiger partial charge in [-0.2, -0.15) is 4.39 Å². The Kier molecular flexibility index (Phi) is 12.1. The lowest BCUT2D eigenvalue weighted by Crippen LogP contribution is -2.24. The number of benzene rings is 2. The Balaban J connectivity index is 1.25. The van der Waals surface area contributed by atoms with Crippen LogP contribution >= 0.6 is 0 Å². The Hall–Kier alpha value is -5.12. The number of amides is 1. The van der Waals surface area contributed by atoms with Gasteiger partial charge in [0.2, 0.25) is 17.6 Å². The number of Topliss-reactive ketones (excluding diaryl/α,β-unsaturated/α-hetero) is 1. The molecule has 2 heterocycles. The summed E-state index contributed by atoms with van der Waals surface area (Å²) in [7, 11) is 0. The van der Waals surface area contributed by atoms with E-state index in [-0.39, 0.29) is 34.8 Å². The van der Waals surface area contributed by atoms with E-state index >= 15 is 8.78 Å². The zero-order chi connectivity index (χ0) is 34.8. The molecule has 2 aliphatic rings. The molecule has 2 aromatic carbocycles. The lowest BCUT2D eigenvalue weighted by molar-refractivity contribution is -0.120. The quantitative estimate of drug-likeness (QED) is 0.0763. The standard InChI is InChI=1S/C39H39F3N4O3/c1-3-26-20-25(11-13-31(26)33(47)10-6-7-18-44-35(48)17-19-43-2)21-27-8-4-5-9-28-22-29(23-46-39(27)28)32-14-15-34(38(42)37(32)41)49-36-16-12-30(40)24-45-36/h5,8-9,11-16,20,23-24,28H,2-4,6-7,10,17-19,21-22H2,1H3,(H,44,48). The Morgan fingerprint density at radius 1 is 1.06 bits per heavy atom. The van der Waals surface area contributed by atoms with Gasteiger partial charge in [0.25, 0.3) is 0 Å². The van der Waals surface area contributed by atoms with Gasteiger partial charge in [0.05, 0.1) is 11.9 Å². The molecule has 49 heavy (non-hydrogen) atoms. The normalized spacial score (nSPS) is 15.3. The van der Waals surface area contributed by atoms with E-state index in [2.05, 4.69) is 46.3 Å². The molecule has 1 amide bonds. The molecule has 7 nitrogen and oxygen atoms in total. The predicted molar refractivity (Wildman–Crippen MR) is 186 cm³/mol. The van der Waals surface area contributed by atoms with Gasteiger partial charge in [0.1, 0.15) is 5.82 Å². The molecule has 1 atom stereocenters. The summed E-state index contributed by atoms with van der Waals surface area (Å²) in [5.74, 6) is -3.28. The van der Waals surface area contributed by atoms with Gasteiger partial charge in [-0.3, -0.25) is 14.6 Å². The lowest BCUT2D eigenvalue weighted by Gasteiger charge is -2.23. The number of aryl methyl sites for hydroxylation is 1. The zero-order valence-electron chi connectivity index (χ0n) is 27.5. The molecule has 0 fully saturated rings. The number of hydrogen-bond donors (Lipinski definition) is 1. The number of nitrogens with zero attached hydrogens (tertiary/aromatic N) is 3. The fraction of sp³-hybridized carbons (Fsp3) is 0.308. The second kappa shape index (κ2) is 16.8. The van der Waals surface area contributed by atoms with Gasteiger partial charge < -0.3 is 15.0 Å². The minimum Gasteiger partial charge on any atom is -0.436 e. The average Bonchev–Trinajstić information content (AvgIpc) is 3.31.